The van der Waals surface area contributed by atoms with Crippen molar-refractivity contribution < 1.29 is 31.4 Å². The van der Waals surface area contributed by atoms with E-state index in [-0.39, 0.29) is 43.3 Å². The van der Waals surface area contributed by atoms with Gasteiger partial charge < -0.3 is 20.5 Å². The first kappa shape index (κ1) is 26.2. The summed E-state index contributed by atoms with van der Waals surface area (Å²) in [7, 11) is -3.56. The predicted octanol–water partition coefficient (Wildman–Crippen LogP) is 2.97. The van der Waals surface area contributed by atoms with Gasteiger partial charge in [-0.1, -0.05) is 24.3 Å². The Hall–Kier alpha value is -1.92. The molecule has 1 aromatic carbocycles. The predicted molar refractivity (Wildman–Crippen MR) is 127 cm³/mol. The van der Waals surface area contributed by atoms with Crippen molar-refractivity contribution in [1.82, 2.24) is 10.0 Å². The molecule has 4 rings (SSSR count). The standard InChI is InChI=1S/C24H32F3N3O4S/c25-24(26,27)17-6-9-21-20(14-17)23-19(22(30-21)16-4-2-1-3-5-16)8-7-18(34-23)15-29-35(32,33)13-11-28-10-12-31/h1-4,6,9,14,16,18-19,22-23,28-31H,5,7-8,10-13,15H2/t16?,18-,19+,22+,23+/m1/s1. The van der Waals surface area contributed by atoms with Crippen LogP contribution in [0.15, 0.2) is 42.5 Å². The average Bonchev–Trinajstić information content (AvgIpc) is 2.84. The van der Waals surface area contributed by atoms with Gasteiger partial charge in [0.1, 0.15) is 0 Å². The first-order valence-corrected chi connectivity index (χ1v) is 13.6. The highest BCUT2D eigenvalue weighted by atomic mass is 32.2. The molecule has 4 N–H and O–H groups in total. The Morgan fingerprint density at radius 1 is 1.17 bits per heavy atom. The molecule has 0 bridgehead atoms. The summed E-state index contributed by atoms with van der Waals surface area (Å²) in [6.45, 7) is 0.498. The largest absolute Gasteiger partial charge is 0.416 e. The van der Waals surface area contributed by atoms with E-state index < -0.39 is 34.0 Å². The van der Waals surface area contributed by atoms with E-state index in [9.17, 15) is 21.6 Å². The van der Waals surface area contributed by atoms with E-state index in [1.807, 2.05) is 12.2 Å². The third kappa shape index (κ3) is 6.45. The molecular formula is C24H32F3N3O4S. The van der Waals surface area contributed by atoms with Crippen LogP contribution in [0.2, 0.25) is 0 Å². The number of rotatable bonds is 9. The lowest BCUT2D eigenvalue weighted by Crippen LogP contribution is -2.48. The zero-order valence-electron chi connectivity index (χ0n) is 19.3. The number of halogens is 3. The molecule has 1 unspecified atom stereocenters. The van der Waals surface area contributed by atoms with Crippen LogP contribution in [0.4, 0.5) is 18.9 Å². The molecular weight excluding hydrogens is 483 g/mol. The molecule has 0 aromatic heterocycles. The van der Waals surface area contributed by atoms with Gasteiger partial charge in [-0.3, -0.25) is 0 Å². The second-order valence-electron chi connectivity index (χ2n) is 9.24. The average molecular weight is 516 g/mol. The van der Waals surface area contributed by atoms with Gasteiger partial charge in [0.15, 0.2) is 0 Å². The number of anilines is 1. The fourth-order valence-corrected chi connectivity index (χ4v) is 6.11. The van der Waals surface area contributed by atoms with Crippen molar-refractivity contribution in [2.24, 2.45) is 11.8 Å². The summed E-state index contributed by atoms with van der Waals surface area (Å²) >= 11 is 0. The summed E-state index contributed by atoms with van der Waals surface area (Å²) in [6, 6.07) is 3.71. The molecule has 7 nitrogen and oxygen atoms in total. The lowest BCUT2D eigenvalue weighted by molar-refractivity contribution is -0.138. The first-order valence-electron chi connectivity index (χ1n) is 11.9. The zero-order chi connectivity index (χ0) is 25.1. The molecule has 0 amide bonds. The number of aliphatic hydroxyl groups is 1. The molecule has 1 aliphatic carbocycles. The number of fused-ring (bicyclic) bond motifs is 3. The van der Waals surface area contributed by atoms with Gasteiger partial charge >= 0.3 is 6.18 Å². The van der Waals surface area contributed by atoms with Crippen molar-refractivity contribution in [2.45, 2.75) is 43.7 Å². The summed E-state index contributed by atoms with van der Waals surface area (Å²) in [5, 5.41) is 15.1. The molecule has 0 radical (unpaired) electrons. The van der Waals surface area contributed by atoms with E-state index in [0.717, 1.165) is 18.6 Å². The summed E-state index contributed by atoms with van der Waals surface area (Å²) in [4.78, 5) is 0. The quantitative estimate of drug-likeness (QED) is 0.378. The number of allylic oxidation sites excluding steroid dienone is 3. The molecule has 5 atom stereocenters. The molecule has 2 aliphatic heterocycles. The normalized spacial score (nSPS) is 28.3. The van der Waals surface area contributed by atoms with E-state index in [0.29, 0.717) is 30.6 Å². The molecule has 35 heavy (non-hydrogen) atoms. The second-order valence-corrected chi connectivity index (χ2v) is 11.2. The number of hydrogen-bond donors (Lipinski definition) is 4. The summed E-state index contributed by atoms with van der Waals surface area (Å²) < 4.78 is 73.9. The van der Waals surface area contributed by atoms with Gasteiger partial charge in [0.2, 0.25) is 10.0 Å². The number of ether oxygens (including phenoxy) is 1. The van der Waals surface area contributed by atoms with E-state index in [2.05, 4.69) is 27.5 Å². The van der Waals surface area contributed by atoms with Gasteiger partial charge in [-0.15, -0.1) is 0 Å². The van der Waals surface area contributed by atoms with Gasteiger partial charge in [-0.25, -0.2) is 13.1 Å². The van der Waals surface area contributed by atoms with Crippen molar-refractivity contribution in [3.8, 4) is 0 Å². The minimum Gasteiger partial charge on any atom is -0.395 e. The first-order chi connectivity index (χ1) is 16.7. The topological polar surface area (TPSA) is 99.7 Å². The van der Waals surface area contributed by atoms with E-state index in [1.165, 1.54) is 6.07 Å². The van der Waals surface area contributed by atoms with Crippen LogP contribution in [-0.2, 0) is 20.9 Å². The number of alkyl halides is 3. The van der Waals surface area contributed by atoms with Crippen molar-refractivity contribution in [2.75, 3.05) is 37.3 Å². The third-order valence-electron chi connectivity index (χ3n) is 6.86. The molecule has 1 saturated heterocycles. The molecule has 11 heteroatoms. The maximum Gasteiger partial charge on any atom is 0.416 e. The Morgan fingerprint density at radius 2 is 2.00 bits per heavy atom. The molecule has 3 aliphatic rings. The van der Waals surface area contributed by atoms with Gasteiger partial charge in [-0.2, -0.15) is 13.2 Å². The van der Waals surface area contributed by atoms with Crippen molar-refractivity contribution in [3.05, 3.63) is 53.6 Å². The van der Waals surface area contributed by atoms with Crippen molar-refractivity contribution in [1.29, 1.82) is 0 Å². The van der Waals surface area contributed by atoms with E-state index >= 15 is 0 Å². The molecule has 0 saturated carbocycles. The molecule has 0 spiro atoms. The Labute approximate surface area is 203 Å². The smallest absolute Gasteiger partial charge is 0.395 e. The lowest BCUT2D eigenvalue weighted by atomic mass is 9.73. The third-order valence-corrected chi connectivity index (χ3v) is 8.21. The SMILES string of the molecule is O=S(=O)(CCNCCO)NC[C@H]1CC[C@@H]2[C@H](O1)c1cc(C(F)(F)F)ccc1N[C@H]2C1C=CC=CC1. The molecule has 1 fully saturated rings. The number of nitrogens with one attached hydrogen (secondary N) is 3. The molecule has 1 aromatic rings. The van der Waals surface area contributed by atoms with Crippen LogP contribution in [0.5, 0.6) is 0 Å². The van der Waals surface area contributed by atoms with E-state index in [1.54, 1.807) is 0 Å². The number of sulfonamides is 1. The van der Waals surface area contributed by atoms with Crippen molar-refractivity contribution in [3.63, 3.8) is 0 Å². The van der Waals surface area contributed by atoms with Crippen molar-refractivity contribution >= 4 is 15.7 Å². The maximum atomic E-state index is 13.5. The monoisotopic (exact) mass is 515 g/mol. The van der Waals surface area contributed by atoms with Gasteiger partial charge in [0, 0.05) is 48.8 Å². The Kier molecular flexibility index (Phi) is 8.22. The molecule has 194 valence electrons. The number of hydrogen-bond acceptors (Lipinski definition) is 6. The minimum atomic E-state index is -4.47. The van der Waals surface area contributed by atoms with Gasteiger partial charge in [-0.05, 0) is 37.5 Å². The lowest BCUT2D eigenvalue weighted by Gasteiger charge is -2.47. The second kappa shape index (κ2) is 11.0. The van der Waals surface area contributed by atoms with E-state index in [4.69, 9.17) is 9.84 Å². The van der Waals surface area contributed by atoms with Crippen LogP contribution in [-0.4, -0.2) is 57.7 Å². The van der Waals surface area contributed by atoms with Crippen LogP contribution in [0.1, 0.15) is 36.5 Å². The minimum absolute atomic E-state index is 0.000628. The fourth-order valence-electron chi connectivity index (χ4n) is 5.11. The number of benzene rings is 1. The Bertz CT molecular complexity index is 1040. The van der Waals surface area contributed by atoms with Crippen LogP contribution >= 0.6 is 0 Å². The van der Waals surface area contributed by atoms with Crippen LogP contribution in [0, 0.1) is 11.8 Å². The van der Waals surface area contributed by atoms with Crippen LogP contribution in [0.25, 0.3) is 0 Å². The van der Waals surface area contributed by atoms with Crippen LogP contribution < -0.4 is 15.4 Å². The zero-order valence-corrected chi connectivity index (χ0v) is 20.1. The van der Waals surface area contributed by atoms with Gasteiger partial charge in [0.05, 0.1) is 30.1 Å². The Balaban J connectivity index is 1.51. The van der Waals surface area contributed by atoms with Crippen LogP contribution in [0.3, 0.4) is 0 Å². The maximum absolute atomic E-state index is 13.5. The molecule has 2 heterocycles. The highest BCUT2D eigenvalue weighted by Gasteiger charge is 2.45. The Morgan fingerprint density at radius 3 is 2.71 bits per heavy atom. The highest BCUT2D eigenvalue weighted by Crippen LogP contribution is 2.49. The van der Waals surface area contributed by atoms with Gasteiger partial charge in [0.25, 0.3) is 0 Å². The highest BCUT2D eigenvalue weighted by molar-refractivity contribution is 7.89. The summed E-state index contributed by atoms with van der Waals surface area (Å²) in [5.41, 5.74) is 0.373. The number of aliphatic hydroxyl groups excluding tert-OH is 1. The fraction of sp³-hybridized carbons (Fsp3) is 0.583. The summed E-state index contributed by atoms with van der Waals surface area (Å²) in [5.74, 6) is 0.00700. The summed E-state index contributed by atoms with van der Waals surface area (Å²) in [6.07, 6.45) is 4.85.